The number of anilines is 5. The molecule has 0 aliphatic carbocycles. The standard InChI is InChI=1S/C22H19N5O5S.C14H9ClN4O4S.C8H11NO2/c1-14-10-15(12-17(11-14)32-2)23-21-22(25-20-9-4-3-8-19(20)24-21)26-33(30,31)18-7-5-6-16(13-18)27(28)29;15-13-14(17-12-7-2-1-6-11(12)16-13)18-24(22,23)10-5-3-4-9(8-10)19(20)21;1-10-7-3-6(9)4-8(5-7)11-2/h3-13H,1-2H3,(H,23,24)(H,25,26);1-8H,(H,17,18);3-5H,9H2,1-2H3. The van der Waals surface area contributed by atoms with Crippen LogP contribution in [0.3, 0.4) is 0 Å². The number of nitrogens with two attached hydrogens (primary N) is 1. The topological polar surface area (TPSA) is 296 Å². The number of nitrogens with zero attached hydrogens (tertiary/aromatic N) is 6. The van der Waals surface area contributed by atoms with Gasteiger partial charge in [0.15, 0.2) is 22.6 Å². The molecule has 0 amide bonds. The van der Waals surface area contributed by atoms with Gasteiger partial charge < -0.3 is 25.3 Å². The van der Waals surface area contributed by atoms with Crippen LogP contribution in [-0.2, 0) is 20.0 Å². The average Bonchev–Trinajstić information content (AvgIpc) is 3.31. The molecule has 8 aromatic rings. The summed E-state index contributed by atoms with van der Waals surface area (Å²) < 4.78 is 70.7. The molecular formula is C44H39ClN10O11S2. The fourth-order valence-electron chi connectivity index (χ4n) is 6.01. The molecule has 24 heteroatoms. The molecule has 2 aromatic heterocycles. The van der Waals surface area contributed by atoms with E-state index >= 15 is 0 Å². The number of nitrogen functional groups attached to an aromatic ring is 1. The number of hydrogen-bond acceptors (Lipinski definition) is 17. The van der Waals surface area contributed by atoms with Crippen molar-refractivity contribution in [3.63, 3.8) is 0 Å². The molecule has 5 N–H and O–H groups in total. The van der Waals surface area contributed by atoms with Crippen molar-refractivity contribution in [1.29, 1.82) is 0 Å². The molecule has 350 valence electrons. The number of benzene rings is 6. The van der Waals surface area contributed by atoms with Crippen LogP contribution >= 0.6 is 11.6 Å². The molecule has 0 saturated heterocycles. The zero-order chi connectivity index (χ0) is 49.2. The van der Waals surface area contributed by atoms with E-state index in [0.29, 0.717) is 50.7 Å². The van der Waals surface area contributed by atoms with Gasteiger partial charge in [0.2, 0.25) is 0 Å². The summed E-state index contributed by atoms with van der Waals surface area (Å²) in [5, 5.41) is 24.8. The van der Waals surface area contributed by atoms with Crippen molar-refractivity contribution in [3.8, 4) is 17.2 Å². The maximum Gasteiger partial charge on any atom is 0.270 e. The van der Waals surface area contributed by atoms with E-state index in [1.807, 2.05) is 19.1 Å². The zero-order valence-corrected chi connectivity index (χ0v) is 38.5. The van der Waals surface area contributed by atoms with Crippen LogP contribution in [0, 0.1) is 27.2 Å². The lowest BCUT2D eigenvalue weighted by atomic mass is 10.2. The second-order valence-corrected chi connectivity index (χ2v) is 17.7. The Labute approximate surface area is 393 Å². The van der Waals surface area contributed by atoms with Crippen molar-refractivity contribution >= 4 is 93.9 Å². The molecule has 0 aliphatic heterocycles. The number of rotatable bonds is 13. The summed E-state index contributed by atoms with van der Waals surface area (Å²) in [5.41, 5.74) is 9.05. The van der Waals surface area contributed by atoms with Gasteiger partial charge in [0.25, 0.3) is 31.4 Å². The summed E-state index contributed by atoms with van der Waals surface area (Å²) in [6.07, 6.45) is 0. The monoisotopic (exact) mass is 982 g/mol. The van der Waals surface area contributed by atoms with E-state index in [1.54, 1.807) is 94.1 Å². The van der Waals surface area contributed by atoms with Crippen LogP contribution in [0.15, 0.2) is 143 Å². The molecule has 21 nitrogen and oxygen atoms in total. The van der Waals surface area contributed by atoms with Crippen LogP contribution in [0.25, 0.3) is 22.1 Å². The van der Waals surface area contributed by atoms with E-state index in [9.17, 15) is 37.1 Å². The lowest BCUT2D eigenvalue weighted by Crippen LogP contribution is -2.16. The summed E-state index contributed by atoms with van der Waals surface area (Å²) in [5.74, 6) is 1.99. The SMILES string of the molecule is COc1cc(C)cc(Nc2nc3ccccc3nc2NS(=O)(=O)c2cccc([N+](=O)[O-])c2)c1.COc1cc(N)cc(OC)c1.O=[N+]([O-])c1cccc(S(=O)(=O)Nc2nc3ccccc3nc2Cl)c1. The first-order valence-corrected chi connectivity index (χ1v) is 22.9. The van der Waals surface area contributed by atoms with Crippen LogP contribution in [0.2, 0.25) is 5.15 Å². The maximum absolute atomic E-state index is 13.0. The van der Waals surface area contributed by atoms with Gasteiger partial charge in [0, 0.05) is 59.9 Å². The third kappa shape index (κ3) is 12.5. The van der Waals surface area contributed by atoms with Crippen LogP contribution in [0.4, 0.5) is 40.2 Å². The third-order valence-electron chi connectivity index (χ3n) is 9.16. The molecule has 0 bridgehead atoms. The number of aromatic nitrogens is 4. The van der Waals surface area contributed by atoms with Crippen molar-refractivity contribution in [2.45, 2.75) is 16.7 Å². The molecule has 0 radical (unpaired) electrons. The van der Waals surface area contributed by atoms with Crippen LogP contribution in [0.1, 0.15) is 5.56 Å². The Hall–Kier alpha value is -8.41. The molecule has 0 spiro atoms. The average molecular weight is 983 g/mol. The lowest BCUT2D eigenvalue weighted by molar-refractivity contribution is -0.385. The molecule has 2 heterocycles. The van der Waals surface area contributed by atoms with Gasteiger partial charge in [-0.15, -0.1) is 0 Å². The number of fused-ring (bicyclic) bond motifs is 2. The normalized spacial score (nSPS) is 11.0. The molecule has 0 unspecified atom stereocenters. The third-order valence-corrected chi connectivity index (χ3v) is 12.1. The number of sulfonamides is 2. The van der Waals surface area contributed by atoms with Gasteiger partial charge >= 0.3 is 0 Å². The minimum absolute atomic E-state index is 0.0549. The molecule has 0 saturated carbocycles. The number of nitro benzene ring substituents is 2. The highest BCUT2D eigenvalue weighted by atomic mass is 35.5. The quantitative estimate of drug-likeness (QED) is 0.0477. The Bertz CT molecular complexity index is 3380. The predicted octanol–water partition coefficient (Wildman–Crippen LogP) is 8.68. The fourth-order valence-corrected chi connectivity index (χ4v) is 8.34. The van der Waals surface area contributed by atoms with E-state index in [4.69, 9.17) is 31.5 Å². The van der Waals surface area contributed by atoms with Gasteiger partial charge in [-0.3, -0.25) is 29.7 Å². The molecule has 0 atom stereocenters. The zero-order valence-electron chi connectivity index (χ0n) is 36.1. The summed E-state index contributed by atoms with van der Waals surface area (Å²) in [6.45, 7) is 1.89. The van der Waals surface area contributed by atoms with Gasteiger partial charge in [-0.2, -0.15) is 0 Å². The van der Waals surface area contributed by atoms with Gasteiger partial charge in [0.05, 0.1) is 63.0 Å². The highest BCUT2D eigenvalue weighted by molar-refractivity contribution is 7.93. The summed E-state index contributed by atoms with van der Waals surface area (Å²) in [7, 11) is -3.57. The highest BCUT2D eigenvalue weighted by Crippen LogP contribution is 2.31. The molecule has 8 rings (SSSR count). The first kappa shape index (κ1) is 49.0. The minimum atomic E-state index is -4.20. The molecule has 0 aliphatic rings. The number of methoxy groups -OCH3 is 3. The second-order valence-electron chi connectivity index (χ2n) is 14.0. The van der Waals surface area contributed by atoms with E-state index in [2.05, 4.69) is 34.7 Å². The summed E-state index contributed by atoms with van der Waals surface area (Å²) in [6, 6.07) is 33.9. The van der Waals surface area contributed by atoms with E-state index < -0.39 is 29.9 Å². The van der Waals surface area contributed by atoms with E-state index in [1.165, 1.54) is 36.4 Å². The number of aryl methyl sites for hydroxylation is 1. The number of para-hydroxylation sites is 4. The highest BCUT2D eigenvalue weighted by Gasteiger charge is 2.23. The van der Waals surface area contributed by atoms with Crippen molar-refractivity contribution < 1.29 is 40.9 Å². The summed E-state index contributed by atoms with van der Waals surface area (Å²) >= 11 is 5.97. The number of halogens is 1. The second kappa shape index (κ2) is 21.3. The van der Waals surface area contributed by atoms with Gasteiger partial charge in [-0.25, -0.2) is 36.8 Å². The fraction of sp³-hybridized carbons (Fsp3) is 0.0909. The Balaban J connectivity index is 0.000000189. The maximum atomic E-state index is 13.0. The van der Waals surface area contributed by atoms with Crippen LogP contribution < -0.4 is 34.7 Å². The lowest BCUT2D eigenvalue weighted by Gasteiger charge is -2.15. The van der Waals surface area contributed by atoms with Crippen molar-refractivity contribution in [1.82, 2.24) is 19.9 Å². The van der Waals surface area contributed by atoms with Crippen molar-refractivity contribution in [2.75, 3.05) is 41.8 Å². The minimum Gasteiger partial charge on any atom is -0.497 e. The van der Waals surface area contributed by atoms with Gasteiger partial charge in [-0.1, -0.05) is 48.0 Å². The van der Waals surface area contributed by atoms with Crippen LogP contribution in [0.5, 0.6) is 17.2 Å². The smallest absolute Gasteiger partial charge is 0.270 e. The Morgan fingerprint density at radius 3 is 1.44 bits per heavy atom. The van der Waals surface area contributed by atoms with Crippen molar-refractivity contribution in [3.05, 3.63) is 164 Å². The molecule has 6 aromatic carbocycles. The van der Waals surface area contributed by atoms with Gasteiger partial charge in [-0.05, 0) is 61.0 Å². The number of non-ortho nitro benzene ring substituents is 2. The number of ether oxygens (including phenoxy) is 3. The Morgan fingerprint density at radius 1 is 0.544 bits per heavy atom. The largest absolute Gasteiger partial charge is 0.497 e. The Kier molecular flexibility index (Phi) is 15.3. The molecule has 68 heavy (non-hydrogen) atoms. The van der Waals surface area contributed by atoms with Gasteiger partial charge in [0.1, 0.15) is 17.2 Å². The number of nitro groups is 2. The number of hydrogen-bond donors (Lipinski definition) is 4. The molecule has 0 fully saturated rings. The summed E-state index contributed by atoms with van der Waals surface area (Å²) in [4.78, 5) is 37.1. The van der Waals surface area contributed by atoms with E-state index in [0.717, 1.165) is 17.7 Å². The first-order chi connectivity index (χ1) is 32.4. The Morgan fingerprint density at radius 2 is 0.971 bits per heavy atom. The predicted molar refractivity (Wildman–Crippen MR) is 257 cm³/mol. The van der Waals surface area contributed by atoms with Crippen molar-refractivity contribution in [2.24, 2.45) is 0 Å². The van der Waals surface area contributed by atoms with E-state index in [-0.39, 0.29) is 43.8 Å². The number of nitrogens with one attached hydrogen (secondary N) is 3. The van der Waals surface area contributed by atoms with Crippen LogP contribution in [-0.4, -0.2) is 67.9 Å². The first-order valence-electron chi connectivity index (χ1n) is 19.5. The molecular weight excluding hydrogens is 944 g/mol.